The summed E-state index contributed by atoms with van der Waals surface area (Å²) < 4.78 is 0. The maximum atomic E-state index is 12.1. The first-order valence-electron chi connectivity index (χ1n) is 6.71. The van der Waals surface area contributed by atoms with Gasteiger partial charge in [0.1, 0.15) is 5.69 Å². The van der Waals surface area contributed by atoms with Crippen LogP contribution in [0.3, 0.4) is 0 Å². The fourth-order valence-corrected chi connectivity index (χ4v) is 1.82. The van der Waals surface area contributed by atoms with Crippen molar-refractivity contribution in [1.82, 2.24) is 20.6 Å². The Labute approximate surface area is 138 Å². The lowest BCUT2D eigenvalue weighted by atomic mass is 10.2. The minimum Gasteiger partial charge on any atom is -0.285 e. The molecule has 0 unspecified atom stereocenters. The van der Waals surface area contributed by atoms with Crippen LogP contribution in [0, 0.1) is 6.92 Å². The maximum absolute atomic E-state index is 12.1. The molecule has 2 aromatic rings. The Morgan fingerprint density at radius 2 is 2.13 bits per heavy atom. The van der Waals surface area contributed by atoms with E-state index in [1.165, 1.54) is 11.2 Å². The zero-order valence-corrected chi connectivity index (χ0v) is 13.7. The van der Waals surface area contributed by atoms with Crippen LogP contribution >= 0.6 is 11.6 Å². The van der Waals surface area contributed by atoms with Crippen LogP contribution in [0.4, 0.5) is 5.69 Å². The van der Waals surface area contributed by atoms with Gasteiger partial charge in [-0.05, 0) is 13.0 Å². The third-order valence-corrected chi connectivity index (χ3v) is 3.07. The monoisotopic (exact) mass is 333 g/mol. The number of halogens is 1. The third-order valence-electron chi connectivity index (χ3n) is 2.73. The molecule has 9 heteroatoms. The Morgan fingerprint density at radius 1 is 1.39 bits per heavy atom. The van der Waals surface area contributed by atoms with Crippen molar-refractivity contribution in [1.29, 1.82) is 0 Å². The summed E-state index contributed by atoms with van der Waals surface area (Å²) in [6.07, 6.45) is 1.46. The number of aryl methyl sites for hydroxylation is 1. The molecule has 0 aliphatic carbocycles. The largest absolute Gasteiger partial charge is 0.294 e. The number of nitrogens with one attached hydrogen (secondary N) is 2. The number of aromatic amines is 1. The molecule has 0 saturated heterocycles. The molecule has 1 amide bonds. The smallest absolute Gasteiger partial charge is 0.285 e. The Balaban J connectivity index is 2.11. The van der Waals surface area contributed by atoms with Gasteiger partial charge < -0.3 is 0 Å². The van der Waals surface area contributed by atoms with Crippen LogP contribution in [-0.2, 0) is 0 Å². The molecule has 2 rings (SSSR count). The van der Waals surface area contributed by atoms with E-state index in [9.17, 15) is 4.79 Å². The highest BCUT2D eigenvalue weighted by molar-refractivity contribution is 6.33. The van der Waals surface area contributed by atoms with Crippen LogP contribution in [0.1, 0.15) is 21.7 Å². The summed E-state index contributed by atoms with van der Waals surface area (Å²) in [7, 11) is 3.46. The zero-order chi connectivity index (χ0) is 16.8. The summed E-state index contributed by atoms with van der Waals surface area (Å²) in [6, 6.07) is 7.16. The van der Waals surface area contributed by atoms with E-state index in [2.05, 4.69) is 31.1 Å². The molecular formula is C14H16ClN7O. The molecule has 0 fully saturated rings. The highest BCUT2D eigenvalue weighted by Crippen LogP contribution is 2.21. The van der Waals surface area contributed by atoms with Crippen LogP contribution in [0.15, 0.2) is 39.7 Å². The molecule has 120 valence electrons. The van der Waals surface area contributed by atoms with Crippen LogP contribution in [0.5, 0.6) is 0 Å². The number of rotatable bonds is 5. The van der Waals surface area contributed by atoms with E-state index in [4.69, 9.17) is 11.6 Å². The number of nitrogens with zero attached hydrogens (tertiary/aromatic N) is 5. The average Bonchev–Trinajstić information content (AvgIpc) is 2.88. The van der Waals surface area contributed by atoms with Gasteiger partial charge in [0, 0.05) is 24.7 Å². The van der Waals surface area contributed by atoms with E-state index in [1.54, 1.807) is 33.2 Å². The van der Waals surface area contributed by atoms with Gasteiger partial charge in [0.05, 0.1) is 11.9 Å². The summed E-state index contributed by atoms with van der Waals surface area (Å²) in [4.78, 5) is 12.1. The maximum Gasteiger partial charge on any atom is 0.294 e. The molecule has 23 heavy (non-hydrogen) atoms. The van der Waals surface area contributed by atoms with Gasteiger partial charge in [-0.2, -0.15) is 10.2 Å². The molecule has 1 aromatic heterocycles. The number of amides is 1. The van der Waals surface area contributed by atoms with Crippen LogP contribution in [-0.4, -0.2) is 41.4 Å². The van der Waals surface area contributed by atoms with E-state index in [-0.39, 0.29) is 5.69 Å². The van der Waals surface area contributed by atoms with Crippen LogP contribution in [0.2, 0.25) is 5.02 Å². The van der Waals surface area contributed by atoms with Crippen molar-refractivity contribution in [2.45, 2.75) is 6.92 Å². The van der Waals surface area contributed by atoms with Crippen molar-refractivity contribution in [2.24, 2.45) is 15.4 Å². The minimum absolute atomic E-state index is 0.115. The van der Waals surface area contributed by atoms with Crippen molar-refractivity contribution < 1.29 is 4.79 Å². The van der Waals surface area contributed by atoms with Crippen LogP contribution < -0.4 is 5.43 Å². The van der Waals surface area contributed by atoms with Crippen molar-refractivity contribution >= 4 is 29.4 Å². The molecular weight excluding hydrogens is 318 g/mol. The summed E-state index contributed by atoms with van der Waals surface area (Å²) in [5, 5.41) is 20.4. The lowest BCUT2D eigenvalue weighted by Crippen LogP contribution is -2.18. The number of benzene rings is 1. The second-order valence-corrected chi connectivity index (χ2v) is 5.21. The number of hydrazone groups is 1. The Kier molecular flexibility index (Phi) is 5.42. The molecule has 2 N–H and O–H groups in total. The second kappa shape index (κ2) is 7.50. The molecule has 0 bridgehead atoms. The number of H-pyrrole nitrogens is 1. The van der Waals surface area contributed by atoms with E-state index in [0.717, 1.165) is 0 Å². The summed E-state index contributed by atoms with van der Waals surface area (Å²) in [5.74, 6) is -0.495. The predicted octanol–water partition coefficient (Wildman–Crippen LogP) is 2.70. The van der Waals surface area contributed by atoms with Crippen LogP contribution in [0.25, 0.3) is 0 Å². The van der Waals surface area contributed by atoms with Gasteiger partial charge in [0.2, 0.25) is 0 Å². The summed E-state index contributed by atoms with van der Waals surface area (Å²) in [6.45, 7) is 1.75. The molecule has 0 radical (unpaired) electrons. The molecule has 0 atom stereocenters. The summed E-state index contributed by atoms with van der Waals surface area (Å²) >= 11 is 6.00. The SMILES string of the molecule is Cc1[nH]nc(C(=O)N/N=C/c2ccccc2Cl)c1N=NN(C)C. The first kappa shape index (κ1) is 16.6. The second-order valence-electron chi connectivity index (χ2n) is 4.80. The van der Waals surface area contributed by atoms with Gasteiger partial charge in [0.25, 0.3) is 5.91 Å². The quantitative estimate of drug-likeness (QED) is 0.500. The highest BCUT2D eigenvalue weighted by atomic mass is 35.5. The van der Waals surface area contributed by atoms with Gasteiger partial charge in [-0.3, -0.25) is 14.9 Å². The summed E-state index contributed by atoms with van der Waals surface area (Å²) in [5.41, 5.74) is 4.20. The van der Waals surface area contributed by atoms with E-state index in [1.807, 2.05) is 12.1 Å². The van der Waals surface area contributed by atoms with Gasteiger partial charge in [-0.15, -0.1) is 5.11 Å². The third kappa shape index (κ3) is 4.36. The Morgan fingerprint density at radius 3 is 2.83 bits per heavy atom. The molecule has 0 spiro atoms. The Bertz CT molecular complexity index is 751. The fraction of sp³-hybridized carbons (Fsp3) is 0.214. The number of aromatic nitrogens is 2. The van der Waals surface area contributed by atoms with E-state index >= 15 is 0 Å². The van der Waals surface area contributed by atoms with Crippen molar-refractivity contribution in [3.63, 3.8) is 0 Å². The normalized spacial score (nSPS) is 11.3. The standard InChI is InChI=1S/C14H16ClN7O/c1-9-12(19-21-22(2)3)13(18-17-9)14(23)20-16-8-10-6-4-5-7-11(10)15/h4-8H,1-3H3,(H,17,18)(H,20,23)/b16-8+,21-19?. The molecule has 1 aromatic carbocycles. The van der Waals surface area contributed by atoms with Gasteiger partial charge >= 0.3 is 0 Å². The fourth-order valence-electron chi connectivity index (χ4n) is 1.63. The lowest BCUT2D eigenvalue weighted by Gasteiger charge is -2.01. The first-order valence-corrected chi connectivity index (χ1v) is 7.08. The van der Waals surface area contributed by atoms with Crippen molar-refractivity contribution in [2.75, 3.05) is 14.1 Å². The number of hydrogen-bond acceptors (Lipinski definition) is 5. The molecule has 0 aliphatic rings. The van der Waals surface area contributed by atoms with E-state index in [0.29, 0.717) is 22.0 Å². The van der Waals surface area contributed by atoms with E-state index < -0.39 is 5.91 Å². The van der Waals surface area contributed by atoms with Crippen molar-refractivity contribution in [3.8, 4) is 0 Å². The molecule has 1 heterocycles. The Hall–Kier alpha value is -2.74. The highest BCUT2D eigenvalue weighted by Gasteiger charge is 2.17. The minimum atomic E-state index is -0.495. The molecule has 0 saturated carbocycles. The van der Waals surface area contributed by atoms with Gasteiger partial charge in [-0.25, -0.2) is 5.43 Å². The topological polar surface area (TPSA) is 98.1 Å². The number of hydrogen-bond donors (Lipinski definition) is 2. The zero-order valence-electron chi connectivity index (χ0n) is 12.9. The number of carbonyl (C=O) groups excluding carboxylic acids is 1. The van der Waals surface area contributed by atoms with Gasteiger partial charge in [0.15, 0.2) is 5.69 Å². The predicted molar refractivity (Wildman–Crippen MR) is 88.0 cm³/mol. The first-order chi connectivity index (χ1) is 11.0. The lowest BCUT2D eigenvalue weighted by molar-refractivity contribution is 0.0950. The average molecular weight is 334 g/mol. The molecule has 0 aliphatic heterocycles. The molecule has 8 nitrogen and oxygen atoms in total. The van der Waals surface area contributed by atoms with Crippen molar-refractivity contribution in [3.05, 3.63) is 46.2 Å². The van der Waals surface area contributed by atoms with Gasteiger partial charge in [-0.1, -0.05) is 35.0 Å². The number of carbonyl (C=O) groups is 1.